The van der Waals surface area contributed by atoms with Crippen LogP contribution in [0.4, 0.5) is 9.18 Å². The Hall–Kier alpha value is -2.84. The lowest BCUT2D eigenvalue weighted by molar-refractivity contribution is -0.119. The second-order valence-corrected chi connectivity index (χ2v) is 7.63. The van der Waals surface area contributed by atoms with Crippen LogP contribution in [-0.4, -0.2) is 48.6 Å². The maximum Gasteiger partial charge on any atom is 0.410 e. The van der Waals surface area contributed by atoms with Gasteiger partial charge in [-0.3, -0.25) is 20.4 Å². The molecule has 0 unspecified atom stereocenters. The van der Waals surface area contributed by atoms with Crippen LogP contribution in [0.2, 0.25) is 0 Å². The second kappa shape index (κ2) is 11.4. The second-order valence-electron chi connectivity index (χ2n) is 7.63. The van der Waals surface area contributed by atoms with Gasteiger partial charge in [-0.15, -0.1) is 0 Å². The van der Waals surface area contributed by atoms with Crippen LogP contribution < -0.4 is 15.6 Å². The highest BCUT2D eigenvalue weighted by Crippen LogP contribution is 2.23. The molecule has 1 aliphatic rings. The van der Waals surface area contributed by atoms with Gasteiger partial charge in [-0.1, -0.05) is 0 Å². The summed E-state index contributed by atoms with van der Waals surface area (Å²) in [6.45, 7) is 6.74. The van der Waals surface area contributed by atoms with Gasteiger partial charge in [0.2, 0.25) is 5.91 Å². The van der Waals surface area contributed by atoms with E-state index in [1.807, 2.05) is 13.8 Å². The molecule has 0 radical (unpaired) electrons. The highest BCUT2D eigenvalue weighted by atomic mass is 19.1. The minimum atomic E-state index is -0.738. The third kappa shape index (κ3) is 7.53. The average Bonchev–Trinajstić information content (AvgIpc) is 2.69. The maximum absolute atomic E-state index is 14.1. The molecule has 1 fully saturated rings. The molecule has 1 aromatic rings. The fourth-order valence-electron chi connectivity index (χ4n) is 3.22. The van der Waals surface area contributed by atoms with Crippen molar-refractivity contribution in [1.82, 2.24) is 15.8 Å². The molecule has 2 rings (SSSR count). The molecule has 0 bridgehead atoms. The number of amides is 3. The minimum Gasteiger partial charge on any atom is -0.493 e. The van der Waals surface area contributed by atoms with Gasteiger partial charge in [0.05, 0.1) is 18.3 Å². The summed E-state index contributed by atoms with van der Waals surface area (Å²) in [4.78, 5) is 36.2. The Bertz CT molecular complexity index is 748. The number of likely N-dealkylation sites (tertiary alicyclic amines) is 1. The minimum absolute atomic E-state index is 0.113. The highest BCUT2D eigenvalue weighted by Gasteiger charge is 2.24. The lowest BCUT2D eigenvalue weighted by atomic mass is 9.92. The van der Waals surface area contributed by atoms with Crippen molar-refractivity contribution in [3.05, 3.63) is 29.6 Å². The number of carbonyl (C=O) groups excluding carboxylic acids is 3. The van der Waals surface area contributed by atoms with E-state index in [2.05, 4.69) is 10.9 Å². The summed E-state index contributed by atoms with van der Waals surface area (Å²) in [5.74, 6) is -1.05. The van der Waals surface area contributed by atoms with E-state index in [4.69, 9.17) is 9.47 Å². The molecule has 0 atom stereocenters. The number of nitrogens with zero attached hydrogens (tertiary/aromatic N) is 1. The van der Waals surface area contributed by atoms with Crippen LogP contribution in [0.5, 0.6) is 5.75 Å². The van der Waals surface area contributed by atoms with Crippen molar-refractivity contribution in [1.29, 1.82) is 0 Å². The normalized spacial score (nSPS) is 14.4. The van der Waals surface area contributed by atoms with E-state index in [-0.39, 0.29) is 17.8 Å². The van der Waals surface area contributed by atoms with E-state index in [1.54, 1.807) is 4.90 Å². The predicted octanol–water partition coefficient (Wildman–Crippen LogP) is 3.02. The van der Waals surface area contributed by atoms with Gasteiger partial charge < -0.3 is 14.4 Å². The Kier molecular flexibility index (Phi) is 8.89. The Morgan fingerprint density at radius 3 is 2.50 bits per heavy atom. The topological polar surface area (TPSA) is 97.0 Å². The number of halogens is 1. The average molecular weight is 423 g/mol. The van der Waals surface area contributed by atoms with Crippen LogP contribution in [0.15, 0.2) is 18.2 Å². The van der Waals surface area contributed by atoms with Gasteiger partial charge >= 0.3 is 6.09 Å². The number of nitrogens with one attached hydrogen (secondary N) is 2. The summed E-state index contributed by atoms with van der Waals surface area (Å²) >= 11 is 0. The molecule has 1 aromatic carbocycles. The number of rotatable bonds is 7. The van der Waals surface area contributed by atoms with Crippen LogP contribution in [0, 0.1) is 11.7 Å². The zero-order valence-corrected chi connectivity index (χ0v) is 17.7. The fraction of sp³-hybridized carbons (Fsp3) is 0.571. The highest BCUT2D eigenvalue weighted by molar-refractivity contribution is 5.95. The molecule has 166 valence electrons. The van der Waals surface area contributed by atoms with Gasteiger partial charge in [0.25, 0.3) is 5.91 Å². The number of carbonyl (C=O) groups is 3. The molecular formula is C21H30FN3O5. The number of hydrazine groups is 1. The maximum atomic E-state index is 14.1. The molecule has 1 saturated heterocycles. The summed E-state index contributed by atoms with van der Waals surface area (Å²) in [6, 6.07) is 3.99. The molecule has 3 amide bonds. The first-order valence-corrected chi connectivity index (χ1v) is 10.2. The Morgan fingerprint density at radius 2 is 1.90 bits per heavy atom. The van der Waals surface area contributed by atoms with E-state index in [1.165, 1.54) is 19.1 Å². The number of hydrogen-bond acceptors (Lipinski definition) is 5. The van der Waals surface area contributed by atoms with E-state index in [9.17, 15) is 18.8 Å². The molecule has 9 heteroatoms. The Balaban J connectivity index is 1.69. The molecule has 0 aliphatic carbocycles. The summed E-state index contributed by atoms with van der Waals surface area (Å²) in [5, 5.41) is 0. The van der Waals surface area contributed by atoms with Gasteiger partial charge in [0.1, 0.15) is 11.6 Å². The van der Waals surface area contributed by atoms with Crippen molar-refractivity contribution in [2.24, 2.45) is 5.92 Å². The van der Waals surface area contributed by atoms with E-state index < -0.39 is 17.6 Å². The first kappa shape index (κ1) is 23.4. The van der Waals surface area contributed by atoms with E-state index >= 15 is 0 Å². The first-order chi connectivity index (χ1) is 14.3. The van der Waals surface area contributed by atoms with Gasteiger partial charge in [0.15, 0.2) is 0 Å². The number of hydrogen-bond donors (Lipinski definition) is 2. The van der Waals surface area contributed by atoms with Crippen molar-refractivity contribution in [3.8, 4) is 5.75 Å². The Labute approximate surface area is 176 Å². The van der Waals surface area contributed by atoms with Gasteiger partial charge in [0, 0.05) is 26.1 Å². The smallest absolute Gasteiger partial charge is 0.410 e. The van der Waals surface area contributed by atoms with Gasteiger partial charge in [-0.2, -0.15) is 0 Å². The third-order valence-corrected chi connectivity index (χ3v) is 4.77. The molecule has 0 saturated carbocycles. The summed E-state index contributed by atoms with van der Waals surface area (Å²) in [6.07, 6.45) is 3.28. The standard InChI is InChI=1S/C21H30FN3O5/c1-14(2)30-21(28)25-10-8-16(9-11-25)5-4-12-29-17-6-7-18(19(22)13-17)20(27)24-23-15(3)26/h6-7,13-14,16H,4-5,8-12H2,1-3H3,(H,23,26)(H,24,27). The van der Waals surface area contributed by atoms with E-state index in [0.717, 1.165) is 31.7 Å². The zero-order valence-electron chi connectivity index (χ0n) is 17.7. The Morgan fingerprint density at radius 1 is 1.20 bits per heavy atom. The van der Waals surface area contributed by atoms with Crippen molar-refractivity contribution in [2.45, 2.75) is 52.6 Å². The largest absolute Gasteiger partial charge is 0.493 e. The quantitative estimate of drug-likeness (QED) is 0.519. The molecule has 1 aliphatic heterocycles. The van der Waals surface area contributed by atoms with Crippen LogP contribution in [0.25, 0.3) is 0 Å². The van der Waals surface area contributed by atoms with E-state index in [0.29, 0.717) is 31.4 Å². The SMILES string of the molecule is CC(=O)NNC(=O)c1ccc(OCCCC2CCN(C(=O)OC(C)C)CC2)cc1F. The number of ether oxygens (including phenoxy) is 2. The molecule has 2 N–H and O–H groups in total. The third-order valence-electron chi connectivity index (χ3n) is 4.77. The monoisotopic (exact) mass is 423 g/mol. The van der Waals surface area contributed by atoms with Crippen molar-refractivity contribution in [2.75, 3.05) is 19.7 Å². The molecule has 0 aromatic heterocycles. The predicted molar refractivity (Wildman–Crippen MR) is 108 cm³/mol. The lowest BCUT2D eigenvalue weighted by Gasteiger charge is -2.31. The molecule has 30 heavy (non-hydrogen) atoms. The molecular weight excluding hydrogens is 393 g/mol. The van der Waals surface area contributed by atoms with Crippen molar-refractivity contribution < 1.29 is 28.2 Å². The molecule has 1 heterocycles. The van der Waals surface area contributed by atoms with Crippen LogP contribution in [0.3, 0.4) is 0 Å². The number of piperidine rings is 1. The summed E-state index contributed by atoms with van der Waals surface area (Å²) in [7, 11) is 0. The first-order valence-electron chi connectivity index (χ1n) is 10.2. The summed E-state index contributed by atoms with van der Waals surface area (Å²) in [5.41, 5.74) is 4.04. The molecule has 8 nitrogen and oxygen atoms in total. The van der Waals surface area contributed by atoms with Gasteiger partial charge in [-0.05, 0) is 57.6 Å². The fourth-order valence-corrected chi connectivity index (χ4v) is 3.22. The zero-order chi connectivity index (χ0) is 22.1. The lowest BCUT2D eigenvalue weighted by Crippen LogP contribution is -2.40. The molecule has 0 spiro atoms. The van der Waals surface area contributed by atoms with Crippen LogP contribution >= 0.6 is 0 Å². The van der Waals surface area contributed by atoms with Crippen molar-refractivity contribution >= 4 is 17.9 Å². The van der Waals surface area contributed by atoms with Crippen molar-refractivity contribution in [3.63, 3.8) is 0 Å². The summed E-state index contributed by atoms with van der Waals surface area (Å²) < 4.78 is 24.9. The van der Waals surface area contributed by atoms with Gasteiger partial charge in [-0.25, -0.2) is 9.18 Å². The number of benzene rings is 1. The van der Waals surface area contributed by atoms with Crippen LogP contribution in [0.1, 0.15) is 56.8 Å². The van der Waals surface area contributed by atoms with Crippen LogP contribution in [-0.2, 0) is 9.53 Å².